The average molecular weight is 485 g/mol. The molecule has 6 heteroatoms. The van der Waals surface area contributed by atoms with Crippen molar-refractivity contribution in [1.29, 1.82) is 0 Å². The molecule has 3 rings (SSSR count). The minimum absolute atomic E-state index is 0.0300. The lowest BCUT2D eigenvalue weighted by atomic mass is 9.67. The summed E-state index contributed by atoms with van der Waals surface area (Å²) in [5.74, 6) is 1.01. The third-order valence-electron chi connectivity index (χ3n) is 9.24. The summed E-state index contributed by atoms with van der Waals surface area (Å²) in [5.41, 5.74) is -0.205. The third-order valence-corrected chi connectivity index (χ3v) is 9.24. The summed E-state index contributed by atoms with van der Waals surface area (Å²) in [7, 11) is 0. The van der Waals surface area contributed by atoms with Crippen molar-refractivity contribution in [3.8, 4) is 0 Å². The maximum absolute atomic E-state index is 11.2. The Morgan fingerprint density at radius 2 is 1.32 bits per heavy atom. The molecule has 3 aliphatic rings. The summed E-state index contributed by atoms with van der Waals surface area (Å²) in [6.45, 7) is 8.73. The van der Waals surface area contributed by atoms with Gasteiger partial charge in [0.25, 0.3) is 0 Å². The Kier molecular flexibility index (Phi) is 11.6. The molecule has 9 atom stereocenters. The van der Waals surface area contributed by atoms with Gasteiger partial charge >= 0.3 is 0 Å². The van der Waals surface area contributed by atoms with E-state index in [9.17, 15) is 15.3 Å². The number of aliphatic hydroxyl groups excluding tert-OH is 3. The lowest BCUT2D eigenvalue weighted by molar-refractivity contribution is -0.262. The molecule has 6 nitrogen and oxygen atoms in total. The SMILES string of the molecule is CCC1COC1C(O)CCCCCCCCCC(C(O)C1OCC1CC)C1OCC1(CC)CO. The van der Waals surface area contributed by atoms with E-state index in [4.69, 9.17) is 14.2 Å². The van der Waals surface area contributed by atoms with Gasteiger partial charge in [0.2, 0.25) is 0 Å². The van der Waals surface area contributed by atoms with Crippen LogP contribution in [-0.2, 0) is 14.2 Å². The monoisotopic (exact) mass is 484 g/mol. The van der Waals surface area contributed by atoms with E-state index in [0.717, 1.165) is 64.6 Å². The first kappa shape index (κ1) is 28.3. The van der Waals surface area contributed by atoms with Crippen LogP contribution in [0.5, 0.6) is 0 Å². The predicted molar refractivity (Wildman–Crippen MR) is 134 cm³/mol. The van der Waals surface area contributed by atoms with Crippen molar-refractivity contribution in [2.24, 2.45) is 23.2 Å². The van der Waals surface area contributed by atoms with Gasteiger partial charge in [-0.25, -0.2) is 0 Å². The zero-order valence-electron chi connectivity index (χ0n) is 22.0. The first-order chi connectivity index (χ1) is 16.5. The minimum Gasteiger partial charge on any atom is -0.396 e. The van der Waals surface area contributed by atoms with Gasteiger partial charge < -0.3 is 29.5 Å². The molecule has 0 aliphatic carbocycles. The Labute approximate surface area is 207 Å². The Morgan fingerprint density at radius 1 is 0.765 bits per heavy atom. The molecule has 3 N–H and O–H groups in total. The highest BCUT2D eigenvalue weighted by Crippen LogP contribution is 2.46. The number of hydrogen-bond donors (Lipinski definition) is 3. The molecule has 0 spiro atoms. The van der Waals surface area contributed by atoms with Crippen molar-refractivity contribution in [3.05, 3.63) is 0 Å². The van der Waals surface area contributed by atoms with Gasteiger partial charge in [-0.3, -0.25) is 0 Å². The van der Waals surface area contributed by atoms with Crippen molar-refractivity contribution in [1.82, 2.24) is 0 Å². The summed E-state index contributed by atoms with van der Waals surface area (Å²) in [4.78, 5) is 0. The number of hydrogen-bond acceptors (Lipinski definition) is 6. The quantitative estimate of drug-likeness (QED) is 0.249. The Hall–Kier alpha value is -0.240. The van der Waals surface area contributed by atoms with Gasteiger partial charge in [0, 0.05) is 23.2 Å². The summed E-state index contributed by atoms with van der Waals surface area (Å²) in [6, 6.07) is 0. The second-order valence-electron chi connectivity index (χ2n) is 11.3. The summed E-state index contributed by atoms with van der Waals surface area (Å²) >= 11 is 0. The van der Waals surface area contributed by atoms with E-state index in [2.05, 4.69) is 20.8 Å². The molecule has 3 saturated heterocycles. The van der Waals surface area contributed by atoms with Crippen molar-refractivity contribution in [3.63, 3.8) is 0 Å². The number of ether oxygens (including phenoxy) is 3. The second-order valence-corrected chi connectivity index (χ2v) is 11.3. The van der Waals surface area contributed by atoms with Crippen molar-refractivity contribution in [2.45, 2.75) is 128 Å². The van der Waals surface area contributed by atoms with E-state index in [0.29, 0.717) is 18.4 Å². The van der Waals surface area contributed by atoms with Crippen molar-refractivity contribution < 1.29 is 29.5 Å². The Balaban J connectivity index is 1.32. The predicted octanol–water partition coefficient (Wildman–Crippen LogP) is 4.47. The maximum Gasteiger partial charge on any atom is 0.0887 e. The van der Waals surface area contributed by atoms with Gasteiger partial charge in [-0.1, -0.05) is 65.7 Å². The molecule has 3 fully saturated rings. The molecule has 0 bridgehead atoms. The van der Waals surface area contributed by atoms with E-state index in [1.54, 1.807) is 0 Å². The lowest BCUT2D eigenvalue weighted by Crippen LogP contribution is -2.62. The van der Waals surface area contributed by atoms with Crippen molar-refractivity contribution >= 4 is 0 Å². The molecule has 0 radical (unpaired) electrons. The van der Waals surface area contributed by atoms with E-state index >= 15 is 0 Å². The standard InChI is InChI=1S/C28H52O6/c1-4-20-16-32-25(20)23(30)15-13-11-9-7-8-10-12-14-22(24(31)26-21(5-2)17-33-26)27-28(6-3,18-29)19-34-27/h20-27,29-31H,4-19H2,1-3H3. The van der Waals surface area contributed by atoms with Crippen molar-refractivity contribution in [2.75, 3.05) is 26.4 Å². The first-order valence-electron chi connectivity index (χ1n) is 14.3. The molecule has 0 saturated carbocycles. The second kappa shape index (κ2) is 13.9. The summed E-state index contributed by atoms with van der Waals surface area (Å²) in [6.07, 6.45) is 12.0. The molecule has 0 aromatic heterocycles. The molecule has 0 aromatic rings. The Morgan fingerprint density at radius 3 is 1.76 bits per heavy atom. The topological polar surface area (TPSA) is 88.4 Å². The molecular weight excluding hydrogens is 432 g/mol. The van der Waals surface area contributed by atoms with Crippen LogP contribution in [-0.4, -0.2) is 72.3 Å². The zero-order chi connectivity index (χ0) is 24.6. The van der Waals surface area contributed by atoms with Gasteiger partial charge in [0.15, 0.2) is 0 Å². The van der Waals surface area contributed by atoms with Gasteiger partial charge in [0.05, 0.1) is 56.9 Å². The summed E-state index contributed by atoms with van der Waals surface area (Å²) in [5, 5.41) is 31.6. The van der Waals surface area contributed by atoms with Crippen LogP contribution in [0.15, 0.2) is 0 Å². The fourth-order valence-electron chi connectivity index (χ4n) is 6.26. The van der Waals surface area contributed by atoms with Crippen LogP contribution >= 0.6 is 0 Å². The highest BCUT2D eigenvalue weighted by Gasteiger charge is 2.54. The van der Waals surface area contributed by atoms with E-state index in [1.165, 1.54) is 25.7 Å². The first-order valence-corrected chi connectivity index (χ1v) is 14.3. The van der Waals surface area contributed by atoms with Gasteiger partial charge in [-0.05, 0) is 32.1 Å². The number of unbranched alkanes of at least 4 members (excludes halogenated alkanes) is 6. The van der Waals surface area contributed by atoms with Gasteiger partial charge in [-0.15, -0.1) is 0 Å². The van der Waals surface area contributed by atoms with Crippen LogP contribution in [0, 0.1) is 23.2 Å². The molecule has 3 aliphatic heterocycles. The van der Waals surface area contributed by atoms with Crippen LogP contribution in [0.1, 0.15) is 97.8 Å². The fourth-order valence-corrected chi connectivity index (χ4v) is 6.26. The normalized spacial score (nSPS) is 35.6. The largest absolute Gasteiger partial charge is 0.396 e. The number of aliphatic hydroxyl groups is 3. The molecular formula is C28H52O6. The van der Waals surface area contributed by atoms with Gasteiger partial charge in [0.1, 0.15) is 0 Å². The maximum atomic E-state index is 11.2. The Bertz CT molecular complexity index is 558. The zero-order valence-corrected chi connectivity index (χ0v) is 22.0. The number of rotatable bonds is 18. The highest BCUT2D eigenvalue weighted by atomic mass is 16.5. The summed E-state index contributed by atoms with van der Waals surface area (Å²) < 4.78 is 17.3. The molecule has 9 unspecified atom stereocenters. The van der Waals surface area contributed by atoms with Crippen LogP contribution in [0.25, 0.3) is 0 Å². The smallest absolute Gasteiger partial charge is 0.0887 e. The third kappa shape index (κ3) is 6.54. The van der Waals surface area contributed by atoms with Crippen LogP contribution in [0.4, 0.5) is 0 Å². The molecule has 34 heavy (non-hydrogen) atoms. The molecule has 0 aromatic carbocycles. The molecule has 3 heterocycles. The van der Waals surface area contributed by atoms with Crippen LogP contribution in [0.3, 0.4) is 0 Å². The van der Waals surface area contributed by atoms with E-state index < -0.39 is 6.10 Å². The molecule has 0 amide bonds. The molecule has 200 valence electrons. The van der Waals surface area contributed by atoms with Crippen LogP contribution in [0.2, 0.25) is 0 Å². The van der Waals surface area contributed by atoms with E-state index in [1.807, 2.05) is 0 Å². The minimum atomic E-state index is -0.514. The van der Waals surface area contributed by atoms with E-state index in [-0.39, 0.29) is 42.4 Å². The highest BCUT2D eigenvalue weighted by molar-refractivity contribution is 5.01. The lowest BCUT2D eigenvalue weighted by Gasteiger charge is -2.54. The van der Waals surface area contributed by atoms with Crippen LogP contribution < -0.4 is 0 Å². The average Bonchev–Trinajstić information content (AvgIpc) is 2.76. The fraction of sp³-hybridized carbons (Fsp3) is 1.00. The van der Waals surface area contributed by atoms with Gasteiger partial charge in [-0.2, -0.15) is 0 Å².